The molecular formula is C28H31N3O6S. The van der Waals surface area contributed by atoms with Crippen molar-refractivity contribution >= 4 is 21.6 Å². The quantitative estimate of drug-likeness (QED) is 0.436. The topological polar surface area (TPSA) is 88.6 Å². The summed E-state index contributed by atoms with van der Waals surface area (Å²) in [5, 5.41) is 0. The molecule has 0 spiro atoms. The van der Waals surface area contributed by atoms with Crippen LogP contribution in [0.15, 0.2) is 71.6 Å². The van der Waals surface area contributed by atoms with Crippen molar-refractivity contribution in [3.8, 4) is 17.2 Å². The average molecular weight is 538 g/mol. The first-order valence-electron chi connectivity index (χ1n) is 12.5. The van der Waals surface area contributed by atoms with E-state index in [-0.39, 0.29) is 24.2 Å². The zero-order chi connectivity index (χ0) is 26.7. The first-order chi connectivity index (χ1) is 18.3. The summed E-state index contributed by atoms with van der Waals surface area (Å²) < 4.78 is 43.6. The number of rotatable bonds is 8. The largest absolute Gasteiger partial charge is 0.484 e. The lowest BCUT2D eigenvalue weighted by atomic mass is 10.1. The number of piperazine rings is 1. The molecule has 10 heteroatoms. The van der Waals surface area contributed by atoms with Gasteiger partial charge >= 0.3 is 0 Å². The predicted molar refractivity (Wildman–Crippen MR) is 143 cm³/mol. The highest BCUT2D eigenvalue weighted by Gasteiger charge is 2.23. The number of carbonyl (C=O) groups is 1. The number of ether oxygens (including phenoxy) is 3. The second-order valence-electron chi connectivity index (χ2n) is 9.41. The summed E-state index contributed by atoms with van der Waals surface area (Å²) in [5.74, 6) is 1.99. The van der Waals surface area contributed by atoms with Crippen LogP contribution in [0.3, 0.4) is 0 Å². The first kappa shape index (κ1) is 25.9. The average Bonchev–Trinajstić information content (AvgIpc) is 3.40. The van der Waals surface area contributed by atoms with E-state index < -0.39 is 10.0 Å². The SMILES string of the molecule is Cc1ccc(S(=O)(=O)N(C)c2ccc(OCC(=O)N3CCN(Cc4ccc5c(c4)OCO5)CC3)cc2)cc1. The van der Waals surface area contributed by atoms with Gasteiger partial charge in [-0.25, -0.2) is 8.42 Å². The Kier molecular flexibility index (Phi) is 7.44. The minimum Gasteiger partial charge on any atom is -0.484 e. The van der Waals surface area contributed by atoms with E-state index in [9.17, 15) is 13.2 Å². The molecule has 0 radical (unpaired) electrons. The molecule has 9 nitrogen and oxygen atoms in total. The number of carbonyl (C=O) groups excluding carboxylic acids is 1. The normalized spacial score (nSPS) is 15.4. The molecule has 200 valence electrons. The third kappa shape index (κ3) is 5.71. The van der Waals surface area contributed by atoms with Gasteiger partial charge in [-0.2, -0.15) is 0 Å². The van der Waals surface area contributed by atoms with Crippen LogP contribution in [-0.4, -0.2) is 70.8 Å². The molecule has 0 atom stereocenters. The number of hydrogen-bond acceptors (Lipinski definition) is 7. The third-order valence-corrected chi connectivity index (χ3v) is 8.61. The van der Waals surface area contributed by atoms with Gasteiger partial charge in [0.25, 0.3) is 15.9 Å². The second kappa shape index (κ2) is 10.9. The minimum atomic E-state index is -3.67. The van der Waals surface area contributed by atoms with E-state index in [1.807, 2.05) is 30.0 Å². The smallest absolute Gasteiger partial charge is 0.264 e. The molecule has 0 bridgehead atoms. The molecule has 38 heavy (non-hydrogen) atoms. The van der Waals surface area contributed by atoms with E-state index in [0.29, 0.717) is 24.5 Å². The van der Waals surface area contributed by atoms with Gasteiger partial charge in [0, 0.05) is 39.8 Å². The zero-order valence-corrected chi connectivity index (χ0v) is 22.3. The Balaban J connectivity index is 1.09. The van der Waals surface area contributed by atoms with Gasteiger partial charge in [0.15, 0.2) is 18.1 Å². The Labute approximate surface area is 223 Å². The molecule has 0 aliphatic carbocycles. The molecule has 1 saturated heterocycles. The van der Waals surface area contributed by atoms with Crippen molar-refractivity contribution in [2.24, 2.45) is 0 Å². The summed E-state index contributed by atoms with van der Waals surface area (Å²) in [6.07, 6.45) is 0. The lowest BCUT2D eigenvalue weighted by Crippen LogP contribution is -2.49. The highest BCUT2D eigenvalue weighted by molar-refractivity contribution is 7.92. The molecule has 2 heterocycles. The van der Waals surface area contributed by atoms with Gasteiger partial charge in [-0.05, 0) is 61.0 Å². The Hall–Kier alpha value is -3.76. The van der Waals surface area contributed by atoms with Crippen LogP contribution in [0.5, 0.6) is 17.2 Å². The van der Waals surface area contributed by atoms with Crippen LogP contribution in [0.25, 0.3) is 0 Å². The van der Waals surface area contributed by atoms with Crippen LogP contribution in [-0.2, 0) is 21.4 Å². The highest BCUT2D eigenvalue weighted by atomic mass is 32.2. The molecular weight excluding hydrogens is 506 g/mol. The number of amides is 1. The zero-order valence-electron chi connectivity index (χ0n) is 21.5. The maximum Gasteiger partial charge on any atom is 0.264 e. The van der Waals surface area contributed by atoms with E-state index in [1.54, 1.807) is 48.5 Å². The molecule has 2 aliphatic heterocycles. The summed E-state index contributed by atoms with van der Waals surface area (Å²) in [6.45, 7) is 5.70. The van der Waals surface area contributed by atoms with Crippen LogP contribution >= 0.6 is 0 Å². The van der Waals surface area contributed by atoms with Crippen molar-refractivity contribution in [2.75, 3.05) is 50.9 Å². The van der Waals surface area contributed by atoms with Crippen LogP contribution in [0.4, 0.5) is 5.69 Å². The summed E-state index contributed by atoms with van der Waals surface area (Å²) in [5.41, 5.74) is 2.65. The molecule has 1 amide bonds. The minimum absolute atomic E-state index is 0.0704. The number of anilines is 1. The summed E-state index contributed by atoms with van der Waals surface area (Å²) in [4.78, 5) is 17.1. The van der Waals surface area contributed by atoms with Crippen LogP contribution in [0.2, 0.25) is 0 Å². The predicted octanol–water partition coefficient (Wildman–Crippen LogP) is 3.27. The molecule has 1 fully saturated rings. The van der Waals surface area contributed by atoms with E-state index in [4.69, 9.17) is 14.2 Å². The van der Waals surface area contributed by atoms with Gasteiger partial charge in [-0.1, -0.05) is 23.8 Å². The van der Waals surface area contributed by atoms with Crippen LogP contribution < -0.4 is 18.5 Å². The fraction of sp³-hybridized carbons (Fsp3) is 0.321. The molecule has 0 aromatic heterocycles. The van der Waals surface area contributed by atoms with Gasteiger partial charge in [-0.3, -0.25) is 14.0 Å². The van der Waals surface area contributed by atoms with Crippen molar-refractivity contribution in [2.45, 2.75) is 18.4 Å². The van der Waals surface area contributed by atoms with Crippen molar-refractivity contribution in [3.05, 3.63) is 77.9 Å². The Morgan fingerprint density at radius 1 is 0.921 bits per heavy atom. The highest BCUT2D eigenvalue weighted by Crippen LogP contribution is 2.33. The number of sulfonamides is 1. The molecule has 3 aromatic carbocycles. The number of aryl methyl sites for hydroxylation is 1. The number of fused-ring (bicyclic) bond motifs is 1. The van der Waals surface area contributed by atoms with Gasteiger partial charge in [-0.15, -0.1) is 0 Å². The molecule has 0 unspecified atom stereocenters. The third-order valence-electron chi connectivity index (χ3n) is 6.81. The van der Waals surface area contributed by atoms with Gasteiger partial charge < -0.3 is 19.1 Å². The molecule has 5 rings (SSSR count). The van der Waals surface area contributed by atoms with Gasteiger partial charge in [0.05, 0.1) is 10.6 Å². The van der Waals surface area contributed by atoms with E-state index in [2.05, 4.69) is 4.90 Å². The Bertz CT molecular complexity index is 1390. The number of hydrogen-bond donors (Lipinski definition) is 0. The molecule has 0 N–H and O–H groups in total. The lowest BCUT2D eigenvalue weighted by molar-refractivity contribution is -0.135. The maximum atomic E-state index is 12.9. The number of benzene rings is 3. The monoisotopic (exact) mass is 537 g/mol. The van der Waals surface area contributed by atoms with Crippen molar-refractivity contribution in [1.29, 1.82) is 0 Å². The fourth-order valence-electron chi connectivity index (χ4n) is 4.45. The lowest BCUT2D eigenvalue weighted by Gasteiger charge is -2.34. The van der Waals surface area contributed by atoms with E-state index >= 15 is 0 Å². The van der Waals surface area contributed by atoms with E-state index in [0.717, 1.165) is 42.3 Å². The van der Waals surface area contributed by atoms with Crippen molar-refractivity contribution < 1.29 is 27.4 Å². The Morgan fingerprint density at radius 2 is 1.61 bits per heavy atom. The molecule has 0 saturated carbocycles. The number of nitrogens with zero attached hydrogens (tertiary/aromatic N) is 3. The standard InChI is InChI=1S/C28H31N3O6S/c1-21-3-10-25(11-4-21)38(33,34)29(2)23-6-8-24(9-7-23)35-19-28(32)31-15-13-30(14-16-31)18-22-5-12-26-27(17-22)37-20-36-26/h3-12,17H,13-16,18-20H2,1-2H3. The Morgan fingerprint density at radius 3 is 2.32 bits per heavy atom. The maximum absolute atomic E-state index is 12.9. The van der Waals surface area contributed by atoms with Crippen LogP contribution in [0.1, 0.15) is 11.1 Å². The van der Waals surface area contributed by atoms with Gasteiger partial charge in [0.2, 0.25) is 6.79 Å². The summed E-state index contributed by atoms with van der Waals surface area (Å²) >= 11 is 0. The van der Waals surface area contributed by atoms with E-state index in [1.165, 1.54) is 11.4 Å². The van der Waals surface area contributed by atoms with Crippen molar-refractivity contribution in [1.82, 2.24) is 9.80 Å². The molecule has 2 aliphatic rings. The summed E-state index contributed by atoms with van der Waals surface area (Å²) in [7, 11) is -2.16. The fourth-order valence-corrected chi connectivity index (χ4v) is 5.64. The van der Waals surface area contributed by atoms with Crippen molar-refractivity contribution in [3.63, 3.8) is 0 Å². The second-order valence-corrected chi connectivity index (χ2v) is 11.4. The first-order valence-corrected chi connectivity index (χ1v) is 13.9. The summed E-state index contributed by atoms with van der Waals surface area (Å²) in [6, 6.07) is 19.4. The van der Waals surface area contributed by atoms with Crippen LogP contribution in [0, 0.1) is 6.92 Å². The molecule has 3 aromatic rings. The van der Waals surface area contributed by atoms with Gasteiger partial charge in [0.1, 0.15) is 5.75 Å².